The molecular weight excluding hydrogens is 397 g/mol. The topological polar surface area (TPSA) is 91.1 Å². The van der Waals surface area contributed by atoms with E-state index in [0.29, 0.717) is 61.6 Å². The van der Waals surface area contributed by atoms with Crippen molar-refractivity contribution >= 4 is 5.95 Å². The number of nitrogens with one attached hydrogen (secondary N) is 1. The van der Waals surface area contributed by atoms with Crippen molar-refractivity contribution in [1.82, 2.24) is 9.97 Å². The number of anilines is 1. The molecule has 0 spiro atoms. The molecule has 1 heterocycles. The van der Waals surface area contributed by atoms with Crippen molar-refractivity contribution in [2.75, 3.05) is 11.9 Å². The number of hydrogen-bond donors (Lipinski definition) is 2. The summed E-state index contributed by atoms with van der Waals surface area (Å²) < 4.78 is 41.8. The molecule has 166 valence electrons. The van der Waals surface area contributed by atoms with Gasteiger partial charge in [-0.15, -0.1) is 0 Å². The van der Waals surface area contributed by atoms with E-state index >= 15 is 0 Å². The van der Waals surface area contributed by atoms with Gasteiger partial charge < -0.3 is 15.2 Å². The lowest BCUT2D eigenvalue weighted by Gasteiger charge is -2.31. The first-order valence-electron chi connectivity index (χ1n) is 10.6. The monoisotopic (exact) mass is 426 g/mol. The van der Waals surface area contributed by atoms with Crippen LogP contribution in [0.5, 0.6) is 0 Å². The van der Waals surface area contributed by atoms with Gasteiger partial charge in [-0.25, -0.2) is 9.97 Å². The summed E-state index contributed by atoms with van der Waals surface area (Å²) in [6.07, 6.45) is 2.28. The van der Waals surface area contributed by atoms with Crippen LogP contribution in [0.25, 0.3) is 0 Å². The minimum Gasteiger partial charge on any atom is -0.393 e. The van der Waals surface area contributed by atoms with E-state index in [1.165, 1.54) is 6.20 Å². The highest BCUT2D eigenvalue weighted by atomic mass is 19.4. The third kappa shape index (κ3) is 6.54. The molecule has 0 amide bonds. The van der Waals surface area contributed by atoms with Gasteiger partial charge in [0.05, 0.1) is 29.7 Å². The molecule has 0 radical (unpaired) electrons. The number of hydrogen-bond acceptors (Lipinski definition) is 6. The number of ether oxygens (including phenoxy) is 1. The van der Waals surface area contributed by atoms with E-state index in [0.717, 1.165) is 12.8 Å². The van der Waals surface area contributed by atoms with Gasteiger partial charge in [0.25, 0.3) is 0 Å². The van der Waals surface area contributed by atoms with Crippen LogP contribution in [0.2, 0.25) is 0 Å². The van der Waals surface area contributed by atoms with Gasteiger partial charge >= 0.3 is 6.18 Å². The Labute approximate surface area is 174 Å². The van der Waals surface area contributed by atoms with Gasteiger partial charge in [-0.2, -0.15) is 18.4 Å². The van der Waals surface area contributed by atoms with Crippen molar-refractivity contribution in [2.45, 2.75) is 82.7 Å². The Hall–Kier alpha value is -1.92. The predicted octanol–water partition coefficient (Wildman–Crippen LogP) is 3.99. The molecule has 6 nitrogen and oxygen atoms in total. The maximum absolute atomic E-state index is 12.3. The van der Waals surface area contributed by atoms with Crippen LogP contribution in [0, 0.1) is 23.2 Å². The maximum atomic E-state index is 12.3. The smallest absolute Gasteiger partial charge is 0.393 e. The minimum atomic E-state index is -4.30. The Balaban J connectivity index is 1.55. The number of alkyl halides is 3. The van der Waals surface area contributed by atoms with E-state index in [-0.39, 0.29) is 24.2 Å². The summed E-state index contributed by atoms with van der Waals surface area (Å²) in [5.41, 5.74) is 1.13. The number of halogens is 3. The third-order valence-corrected chi connectivity index (χ3v) is 6.22. The molecule has 30 heavy (non-hydrogen) atoms. The highest BCUT2D eigenvalue weighted by Crippen LogP contribution is 2.32. The van der Waals surface area contributed by atoms with Gasteiger partial charge in [0.1, 0.15) is 12.7 Å². The second-order valence-corrected chi connectivity index (χ2v) is 8.64. The van der Waals surface area contributed by atoms with Gasteiger partial charge in [-0.1, -0.05) is 6.92 Å². The largest absolute Gasteiger partial charge is 0.411 e. The molecule has 2 aliphatic rings. The molecule has 2 saturated carbocycles. The fourth-order valence-corrected chi connectivity index (χ4v) is 4.35. The summed E-state index contributed by atoms with van der Waals surface area (Å²) in [7, 11) is 0. The van der Waals surface area contributed by atoms with Crippen molar-refractivity contribution in [3.8, 4) is 6.07 Å². The van der Waals surface area contributed by atoms with E-state index in [4.69, 9.17) is 4.74 Å². The van der Waals surface area contributed by atoms with E-state index in [1.807, 2.05) is 0 Å². The minimum absolute atomic E-state index is 0.0638. The lowest BCUT2D eigenvalue weighted by Crippen LogP contribution is -2.32. The van der Waals surface area contributed by atoms with Gasteiger partial charge in [0, 0.05) is 6.04 Å². The lowest BCUT2D eigenvalue weighted by molar-refractivity contribution is -0.187. The van der Waals surface area contributed by atoms with Gasteiger partial charge in [-0.05, 0) is 63.2 Å². The number of aliphatic hydroxyl groups is 1. The van der Waals surface area contributed by atoms with Crippen LogP contribution in [0.1, 0.15) is 63.1 Å². The van der Waals surface area contributed by atoms with Crippen molar-refractivity contribution in [3.63, 3.8) is 0 Å². The molecule has 2 fully saturated rings. The SMILES string of the molecule is C[C@@H]1CC[C@@H](Cc2nc(NC3CCC(OCC(F)(F)F)CC3)ncc2C#N)C[C@H]1O. The van der Waals surface area contributed by atoms with Crippen LogP contribution in [0.15, 0.2) is 6.20 Å². The normalized spacial score (nSPS) is 29.9. The summed E-state index contributed by atoms with van der Waals surface area (Å²) in [4.78, 5) is 8.79. The van der Waals surface area contributed by atoms with E-state index in [9.17, 15) is 23.5 Å². The average Bonchev–Trinajstić information content (AvgIpc) is 2.70. The highest BCUT2D eigenvalue weighted by Gasteiger charge is 2.31. The Morgan fingerprint density at radius 3 is 2.60 bits per heavy atom. The summed E-state index contributed by atoms with van der Waals surface area (Å²) in [5, 5.41) is 22.8. The molecule has 2 N–H and O–H groups in total. The van der Waals surface area contributed by atoms with Gasteiger partial charge in [0.15, 0.2) is 0 Å². The standard InChI is InChI=1S/C21H29F3N4O2/c1-13-2-3-14(9-19(13)29)8-18-15(10-25)11-26-20(28-18)27-16-4-6-17(7-5-16)30-12-21(22,23)24/h11,13-14,16-17,19,29H,2-9,12H2,1H3,(H,26,27,28)/t13-,14+,16?,17?,19-/m1/s1. The molecule has 1 aromatic rings. The molecule has 0 saturated heterocycles. The number of aromatic nitrogens is 2. The second-order valence-electron chi connectivity index (χ2n) is 8.64. The number of rotatable bonds is 6. The Morgan fingerprint density at radius 1 is 1.23 bits per heavy atom. The maximum Gasteiger partial charge on any atom is 0.411 e. The summed E-state index contributed by atoms with van der Waals surface area (Å²) in [6.45, 7) is 0.851. The predicted molar refractivity (Wildman–Crippen MR) is 105 cm³/mol. The Morgan fingerprint density at radius 2 is 1.97 bits per heavy atom. The fraction of sp³-hybridized carbons (Fsp3) is 0.762. The van der Waals surface area contributed by atoms with Crippen LogP contribution >= 0.6 is 0 Å². The molecule has 3 rings (SSSR count). The zero-order valence-electron chi connectivity index (χ0n) is 17.2. The first kappa shape index (κ1) is 22.8. The first-order valence-corrected chi connectivity index (χ1v) is 10.6. The molecular formula is C21H29F3N4O2. The molecule has 3 atom stereocenters. The van der Waals surface area contributed by atoms with Crippen LogP contribution in [-0.4, -0.2) is 46.1 Å². The summed E-state index contributed by atoms with van der Waals surface area (Å²) in [6, 6.07) is 2.21. The molecule has 0 bridgehead atoms. The zero-order chi connectivity index (χ0) is 21.7. The van der Waals surface area contributed by atoms with Crippen LogP contribution in [0.4, 0.5) is 19.1 Å². The number of nitriles is 1. The van der Waals surface area contributed by atoms with Crippen molar-refractivity contribution in [1.29, 1.82) is 5.26 Å². The van der Waals surface area contributed by atoms with E-state index in [1.54, 1.807) is 0 Å². The van der Waals surface area contributed by atoms with E-state index in [2.05, 4.69) is 28.3 Å². The second kappa shape index (κ2) is 9.92. The van der Waals surface area contributed by atoms with Crippen LogP contribution in [0.3, 0.4) is 0 Å². The molecule has 2 aliphatic carbocycles. The summed E-state index contributed by atoms with van der Waals surface area (Å²) >= 11 is 0. The van der Waals surface area contributed by atoms with Gasteiger partial charge in [-0.3, -0.25) is 0 Å². The fourth-order valence-electron chi connectivity index (χ4n) is 4.35. The molecule has 1 aromatic heterocycles. The quantitative estimate of drug-likeness (QED) is 0.715. The van der Waals surface area contributed by atoms with Crippen molar-refractivity contribution < 1.29 is 23.0 Å². The number of nitrogens with zero attached hydrogens (tertiary/aromatic N) is 3. The molecule has 9 heteroatoms. The van der Waals surface area contributed by atoms with Gasteiger partial charge in [0.2, 0.25) is 5.95 Å². The molecule has 0 aromatic carbocycles. The van der Waals surface area contributed by atoms with E-state index < -0.39 is 12.8 Å². The first-order chi connectivity index (χ1) is 14.2. The average molecular weight is 426 g/mol. The van der Waals surface area contributed by atoms with Crippen molar-refractivity contribution in [2.24, 2.45) is 11.8 Å². The molecule has 0 unspecified atom stereocenters. The summed E-state index contributed by atoms with van der Waals surface area (Å²) in [5.74, 6) is 1.02. The number of aliphatic hydroxyl groups excluding tert-OH is 1. The van der Waals surface area contributed by atoms with Crippen LogP contribution < -0.4 is 5.32 Å². The lowest BCUT2D eigenvalue weighted by atomic mass is 9.78. The highest BCUT2D eigenvalue weighted by molar-refractivity contribution is 5.37. The Kier molecular flexibility index (Phi) is 7.53. The molecule has 0 aliphatic heterocycles. The van der Waals surface area contributed by atoms with Crippen LogP contribution in [-0.2, 0) is 11.2 Å². The Bertz CT molecular complexity index is 745. The van der Waals surface area contributed by atoms with Crippen molar-refractivity contribution in [3.05, 3.63) is 17.5 Å². The zero-order valence-corrected chi connectivity index (χ0v) is 17.2. The third-order valence-electron chi connectivity index (χ3n) is 6.22.